The van der Waals surface area contributed by atoms with E-state index in [0.717, 1.165) is 16.3 Å². The molecule has 5 heteroatoms. The van der Waals surface area contributed by atoms with Crippen molar-refractivity contribution in [3.8, 4) is 16.6 Å². The minimum atomic E-state index is 0.521. The van der Waals surface area contributed by atoms with E-state index in [9.17, 15) is 5.26 Å². The summed E-state index contributed by atoms with van der Waals surface area (Å²) in [6, 6.07) is 9.92. The Hall–Kier alpha value is -2.16. The van der Waals surface area contributed by atoms with Crippen molar-refractivity contribution in [2.45, 2.75) is 6.92 Å². The molecule has 0 saturated heterocycles. The van der Waals surface area contributed by atoms with Crippen LogP contribution in [0, 0.1) is 18.3 Å². The lowest BCUT2D eigenvalue weighted by molar-refractivity contribution is 0.525. The van der Waals surface area contributed by atoms with Crippen molar-refractivity contribution in [1.82, 2.24) is 4.98 Å². The molecule has 0 atom stereocenters. The molecule has 3 rings (SSSR count). The summed E-state index contributed by atoms with van der Waals surface area (Å²) in [5.41, 5.74) is 1.43. The molecule has 0 aliphatic heterocycles. The number of allylic oxidation sites excluding steroid dienone is 1. The Morgan fingerprint density at radius 2 is 2.25 bits per heavy atom. The van der Waals surface area contributed by atoms with Crippen molar-refractivity contribution in [2.24, 2.45) is 0 Å². The first-order valence-corrected chi connectivity index (χ1v) is 7.70. The molecule has 0 aliphatic carbocycles. The van der Waals surface area contributed by atoms with Gasteiger partial charge in [-0.3, -0.25) is 0 Å². The molecule has 0 amide bonds. The van der Waals surface area contributed by atoms with Crippen LogP contribution in [-0.4, -0.2) is 4.98 Å². The molecular formula is C15H10N2OS2. The van der Waals surface area contributed by atoms with Crippen molar-refractivity contribution in [2.75, 3.05) is 0 Å². The monoisotopic (exact) mass is 298 g/mol. The topological polar surface area (TPSA) is 49.8 Å². The van der Waals surface area contributed by atoms with Gasteiger partial charge in [-0.2, -0.15) is 5.26 Å². The second kappa shape index (κ2) is 5.45. The number of furan rings is 1. The lowest BCUT2D eigenvalue weighted by Gasteiger charge is -1.92. The van der Waals surface area contributed by atoms with Gasteiger partial charge in [0.15, 0.2) is 0 Å². The first-order chi connectivity index (χ1) is 9.76. The van der Waals surface area contributed by atoms with E-state index in [1.807, 2.05) is 41.9 Å². The van der Waals surface area contributed by atoms with Crippen LogP contribution in [0.1, 0.15) is 16.5 Å². The minimum absolute atomic E-state index is 0.521. The van der Waals surface area contributed by atoms with Gasteiger partial charge in [-0.05, 0) is 30.5 Å². The lowest BCUT2D eigenvalue weighted by atomic mass is 10.2. The van der Waals surface area contributed by atoms with E-state index in [0.29, 0.717) is 16.3 Å². The van der Waals surface area contributed by atoms with Gasteiger partial charge < -0.3 is 4.42 Å². The number of thiophene rings is 1. The minimum Gasteiger partial charge on any atom is -0.462 e. The predicted molar refractivity (Wildman–Crippen MR) is 82.4 cm³/mol. The number of nitrogens with zero attached hydrogens (tertiary/aromatic N) is 2. The molecule has 0 spiro atoms. The molecule has 3 aromatic heterocycles. The zero-order valence-corrected chi connectivity index (χ0v) is 12.3. The molecule has 0 radical (unpaired) electrons. The van der Waals surface area contributed by atoms with Gasteiger partial charge in [-0.15, -0.1) is 22.7 Å². The van der Waals surface area contributed by atoms with Crippen LogP contribution < -0.4 is 0 Å². The normalized spacial score (nSPS) is 11.5. The highest BCUT2D eigenvalue weighted by Gasteiger charge is 2.10. The second-order valence-corrected chi connectivity index (χ2v) is 5.94. The van der Waals surface area contributed by atoms with Crippen LogP contribution in [0.4, 0.5) is 0 Å². The molecule has 0 unspecified atom stereocenters. The number of aromatic nitrogens is 1. The van der Waals surface area contributed by atoms with Crippen LogP contribution in [0.2, 0.25) is 0 Å². The smallest absolute Gasteiger partial charge is 0.134 e. The van der Waals surface area contributed by atoms with Gasteiger partial charge in [-0.1, -0.05) is 6.07 Å². The van der Waals surface area contributed by atoms with E-state index >= 15 is 0 Å². The summed E-state index contributed by atoms with van der Waals surface area (Å²) in [5, 5.41) is 14.0. The summed E-state index contributed by atoms with van der Waals surface area (Å²) < 4.78 is 5.47. The summed E-state index contributed by atoms with van der Waals surface area (Å²) in [5.74, 6) is 1.50. The van der Waals surface area contributed by atoms with Crippen LogP contribution >= 0.6 is 22.7 Å². The van der Waals surface area contributed by atoms with Crippen LogP contribution in [0.15, 0.2) is 39.4 Å². The van der Waals surface area contributed by atoms with Crippen molar-refractivity contribution in [3.05, 3.63) is 51.6 Å². The third kappa shape index (κ3) is 2.57. The molecule has 3 aromatic rings. The molecule has 0 fully saturated rings. The van der Waals surface area contributed by atoms with Gasteiger partial charge >= 0.3 is 0 Å². The number of hydrogen-bond acceptors (Lipinski definition) is 5. The number of thiazole rings is 1. The Bertz CT molecular complexity index is 788. The summed E-state index contributed by atoms with van der Waals surface area (Å²) in [6.07, 6.45) is 1.73. The number of rotatable bonds is 3. The average molecular weight is 298 g/mol. The quantitative estimate of drug-likeness (QED) is 0.650. The molecule has 0 aliphatic rings. The number of aryl methyl sites for hydroxylation is 1. The summed E-state index contributed by atoms with van der Waals surface area (Å²) in [4.78, 5) is 5.63. The second-order valence-electron chi connectivity index (χ2n) is 4.13. The molecular weight excluding hydrogens is 288 g/mol. The average Bonchev–Trinajstić information content (AvgIpc) is 3.17. The Labute approximate surface area is 124 Å². The van der Waals surface area contributed by atoms with E-state index < -0.39 is 0 Å². The Balaban J connectivity index is 1.95. The standard InChI is InChI=1S/C15H10N2OS2/c1-10-4-5-12(18-10)7-11(8-16)15-17-13(9-20-15)14-3-2-6-19-14/h2-7,9H,1H3/b11-7-. The summed E-state index contributed by atoms with van der Waals surface area (Å²) in [7, 11) is 0. The molecule has 0 saturated carbocycles. The fraction of sp³-hybridized carbons (Fsp3) is 0.0667. The molecule has 3 heterocycles. The van der Waals surface area contributed by atoms with Crippen molar-refractivity contribution in [1.29, 1.82) is 5.26 Å². The molecule has 0 aromatic carbocycles. The first kappa shape index (κ1) is 12.9. The predicted octanol–water partition coefficient (Wildman–Crippen LogP) is 4.84. The summed E-state index contributed by atoms with van der Waals surface area (Å²) >= 11 is 3.11. The highest BCUT2D eigenvalue weighted by molar-refractivity contribution is 7.14. The SMILES string of the molecule is Cc1ccc(/C=C(/C#N)c2nc(-c3cccs3)cs2)o1. The van der Waals surface area contributed by atoms with Gasteiger partial charge in [0.2, 0.25) is 0 Å². The van der Waals surface area contributed by atoms with Gasteiger partial charge in [0.25, 0.3) is 0 Å². The molecule has 0 N–H and O–H groups in total. The zero-order valence-electron chi connectivity index (χ0n) is 10.7. The third-order valence-electron chi connectivity index (χ3n) is 2.68. The Kier molecular flexibility index (Phi) is 3.50. The first-order valence-electron chi connectivity index (χ1n) is 5.94. The highest BCUT2D eigenvalue weighted by Crippen LogP contribution is 2.29. The van der Waals surface area contributed by atoms with Gasteiger partial charge in [0.1, 0.15) is 22.6 Å². The van der Waals surface area contributed by atoms with E-state index in [1.165, 1.54) is 11.3 Å². The zero-order chi connectivity index (χ0) is 13.9. The molecule has 0 bridgehead atoms. The fourth-order valence-corrected chi connectivity index (χ4v) is 3.30. The van der Waals surface area contributed by atoms with Gasteiger partial charge in [-0.25, -0.2) is 4.98 Å². The molecule has 3 nitrogen and oxygen atoms in total. The highest BCUT2D eigenvalue weighted by atomic mass is 32.1. The third-order valence-corrected chi connectivity index (χ3v) is 4.44. The van der Waals surface area contributed by atoms with Crippen LogP contribution in [0.5, 0.6) is 0 Å². The number of hydrogen-bond donors (Lipinski definition) is 0. The van der Waals surface area contributed by atoms with Crippen LogP contribution in [0.25, 0.3) is 22.2 Å². The Morgan fingerprint density at radius 3 is 2.90 bits per heavy atom. The van der Waals surface area contributed by atoms with Gasteiger partial charge in [0.05, 0.1) is 16.1 Å². The van der Waals surface area contributed by atoms with E-state index in [1.54, 1.807) is 17.4 Å². The van der Waals surface area contributed by atoms with Crippen LogP contribution in [0.3, 0.4) is 0 Å². The van der Waals surface area contributed by atoms with Gasteiger partial charge in [0, 0.05) is 11.5 Å². The lowest BCUT2D eigenvalue weighted by Crippen LogP contribution is -1.80. The molecule has 20 heavy (non-hydrogen) atoms. The maximum absolute atomic E-state index is 9.30. The summed E-state index contributed by atoms with van der Waals surface area (Å²) in [6.45, 7) is 1.88. The van der Waals surface area contributed by atoms with E-state index in [-0.39, 0.29) is 0 Å². The van der Waals surface area contributed by atoms with E-state index in [2.05, 4.69) is 11.1 Å². The maximum Gasteiger partial charge on any atom is 0.134 e. The van der Waals surface area contributed by atoms with Crippen molar-refractivity contribution in [3.63, 3.8) is 0 Å². The van der Waals surface area contributed by atoms with Crippen molar-refractivity contribution >= 4 is 34.3 Å². The van der Waals surface area contributed by atoms with E-state index in [4.69, 9.17) is 4.42 Å². The van der Waals surface area contributed by atoms with Crippen molar-refractivity contribution < 1.29 is 4.42 Å². The maximum atomic E-state index is 9.30. The van der Waals surface area contributed by atoms with Crippen LogP contribution in [-0.2, 0) is 0 Å². The Morgan fingerprint density at radius 1 is 1.35 bits per heavy atom. The largest absolute Gasteiger partial charge is 0.462 e. The fourth-order valence-electron chi connectivity index (χ4n) is 1.75. The number of nitriles is 1. The molecule has 98 valence electrons.